The zero-order chi connectivity index (χ0) is 25.1. The molecule has 0 spiro atoms. The Morgan fingerprint density at radius 3 is 2.56 bits per heavy atom. The molecule has 0 aliphatic carbocycles. The number of hydrogen-bond acceptors (Lipinski definition) is 4. The highest BCUT2D eigenvalue weighted by molar-refractivity contribution is 6.11. The molecule has 36 heavy (non-hydrogen) atoms. The highest BCUT2D eigenvalue weighted by atomic mass is 16.2. The van der Waals surface area contributed by atoms with Crippen molar-refractivity contribution in [2.24, 2.45) is 5.92 Å². The molecule has 0 saturated carbocycles. The van der Waals surface area contributed by atoms with Crippen LogP contribution in [0.15, 0.2) is 48.5 Å². The third-order valence-electron chi connectivity index (χ3n) is 7.89. The molecule has 0 radical (unpaired) electrons. The van der Waals surface area contributed by atoms with Gasteiger partial charge in [-0.2, -0.15) is 0 Å². The molecular weight excluding hydrogens is 452 g/mol. The first-order valence-corrected chi connectivity index (χ1v) is 13.3. The summed E-state index contributed by atoms with van der Waals surface area (Å²) >= 11 is 0. The van der Waals surface area contributed by atoms with Gasteiger partial charge in [-0.25, -0.2) is 0 Å². The number of carbonyl (C=O) groups excluding carboxylic acids is 3. The van der Waals surface area contributed by atoms with Crippen LogP contribution in [0.25, 0.3) is 0 Å². The Hall–Kier alpha value is -3.19. The van der Waals surface area contributed by atoms with Crippen molar-refractivity contribution in [2.75, 3.05) is 37.6 Å². The number of fused-ring (bicyclic) bond motifs is 2. The largest absolute Gasteiger partial charge is 0.352 e. The van der Waals surface area contributed by atoms with E-state index in [2.05, 4.69) is 17.1 Å². The van der Waals surface area contributed by atoms with E-state index in [4.69, 9.17) is 0 Å². The predicted molar refractivity (Wildman–Crippen MR) is 140 cm³/mol. The quantitative estimate of drug-likeness (QED) is 0.604. The van der Waals surface area contributed by atoms with Gasteiger partial charge < -0.3 is 20.0 Å². The fraction of sp³-hybridized carbons (Fsp3) is 0.483. The molecule has 0 aromatic heterocycles. The molecular formula is C29H36N4O3. The molecule has 3 amide bonds. The molecule has 1 N–H and O–H groups in total. The summed E-state index contributed by atoms with van der Waals surface area (Å²) in [5.74, 6) is 0.539. The molecule has 2 saturated heterocycles. The molecule has 7 heteroatoms. The maximum Gasteiger partial charge on any atom is 0.256 e. The molecule has 1 atom stereocenters. The summed E-state index contributed by atoms with van der Waals surface area (Å²) in [7, 11) is 0. The van der Waals surface area contributed by atoms with Crippen LogP contribution >= 0.6 is 0 Å². The van der Waals surface area contributed by atoms with E-state index in [1.807, 2.05) is 42.5 Å². The van der Waals surface area contributed by atoms with Crippen molar-refractivity contribution in [1.29, 1.82) is 0 Å². The standard InChI is InChI=1S/C29H36N4O3/c1-21-13-18-31(19-14-21)16-7-15-30-27(34)23-9-3-2-8-22(23)20-33-25-11-5-4-10-24(25)28(35)32-17-6-12-26(32)29(33)36/h2-5,8-11,21,26H,6-7,12-20H2,1H3,(H,30,34). The number of benzene rings is 2. The van der Waals surface area contributed by atoms with Gasteiger partial charge in [0.15, 0.2) is 0 Å². The van der Waals surface area contributed by atoms with Gasteiger partial charge in [0.1, 0.15) is 6.04 Å². The number of nitrogens with one attached hydrogen (secondary N) is 1. The van der Waals surface area contributed by atoms with Crippen LogP contribution in [0.1, 0.15) is 65.3 Å². The van der Waals surface area contributed by atoms with E-state index in [-0.39, 0.29) is 24.3 Å². The van der Waals surface area contributed by atoms with Crippen LogP contribution in [0.4, 0.5) is 5.69 Å². The number of hydrogen-bond donors (Lipinski definition) is 1. The van der Waals surface area contributed by atoms with Gasteiger partial charge in [-0.3, -0.25) is 14.4 Å². The van der Waals surface area contributed by atoms with Gasteiger partial charge in [0.05, 0.1) is 17.8 Å². The Morgan fingerprint density at radius 1 is 0.972 bits per heavy atom. The number of rotatable bonds is 7. The molecule has 5 rings (SSSR count). The fourth-order valence-corrected chi connectivity index (χ4v) is 5.71. The van der Waals surface area contributed by atoms with Crippen LogP contribution in [-0.2, 0) is 11.3 Å². The van der Waals surface area contributed by atoms with Crippen LogP contribution in [0, 0.1) is 5.92 Å². The van der Waals surface area contributed by atoms with Crippen molar-refractivity contribution < 1.29 is 14.4 Å². The zero-order valence-electron chi connectivity index (χ0n) is 21.1. The minimum absolute atomic E-state index is 0.0724. The predicted octanol–water partition coefficient (Wildman–Crippen LogP) is 3.69. The van der Waals surface area contributed by atoms with Crippen molar-refractivity contribution in [3.8, 4) is 0 Å². The number of para-hydroxylation sites is 1. The van der Waals surface area contributed by atoms with E-state index in [9.17, 15) is 14.4 Å². The maximum atomic E-state index is 13.6. The molecule has 3 aliphatic rings. The molecule has 2 aromatic carbocycles. The lowest BCUT2D eigenvalue weighted by molar-refractivity contribution is -0.122. The summed E-state index contributed by atoms with van der Waals surface area (Å²) in [6.07, 6.45) is 4.92. The number of carbonyl (C=O) groups is 3. The number of anilines is 1. The Bertz CT molecular complexity index is 1130. The topological polar surface area (TPSA) is 73.0 Å². The summed E-state index contributed by atoms with van der Waals surface area (Å²) in [5, 5.41) is 3.08. The van der Waals surface area contributed by atoms with E-state index in [1.54, 1.807) is 15.9 Å². The van der Waals surface area contributed by atoms with Gasteiger partial charge in [0, 0.05) is 18.7 Å². The lowest BCUT2D eigenvalue weighted by Crippen LogP contribution is -2.44. The number of likely N-dealkylation sites (tertiary alicyclic amines) is 1. The van der Waals surface area contributed by atoms with E-state index >= 15 is 0 Å². The second-order valence-electron chi connectivity index (χ2n) is 10.4. The minimum Gasteiger partial charge on any atom is -0.352 e. The van der Waals surface area contributed by atoms with Gasteiger partial charge >= 0.3 is 0 Å². The molecule has 1 unspecified atom stereocenters. The van der Waals surface area contributed by atoms with Crippen LogP contribution in [0.5, 0.6) is 0 Å². The summed E-state index contributed by atoms with van der Waals surface area (Å²) in [4.78, 5) is 45.9. The average molecular weight is 489 g/mol. The van der Waals surface area contributed by atoms with Crippen molar-refractivity contribution in [1.82, 2.24) is 15.1 Å². The van der Waals surface area contributed by atoms with Crippen molar-refractivity contribution in [3.05, 3.63) is 65.2 Å². The third kappa shape index (κ3) is 5.03. The van der Waals surface area contributed by atoms with Crippen LogP contribution in [-0.4, -0.2) is 66.3 Å². The van der Waals surface area contributed by atoms with E-state index in [0.29, 0.717) is 36.3 Å². The van der Waals surface area contributed by atoms with Gasteiger partial charge in [-0.05, 0) is 81.4 Å². The third-order valence-corrected chi connectivity index (χ3v) is 7.89. The smallest absolute Gasteiger partial charge is 0.256 e. The van der Waals surface area contributed by atoms with E-state index in [0.717, 1.165) is 44.0 Å². The zero-order valence-corrected chi connectivity index (χ0v) is 21.1. The normalized spacial score (nSPS) is 20.8. The summed E-state index contributed by atoms with van der Waals surface area (Å²) in [6.45, 7) is 7.08. The van der Waals surface area contributed by atoms with Crippen LogP contribution in [0.2, 0.25) is 0 Å². The first-order valence-electron chi connectivity index (χ1n) is 13.3. The molecule has 0 bridgehead atoms. The number of piperidine rings is 1. The molecule has 2 fully saturated rings. The van der Waals surface area contributed by atoms with Crippen molar-refractivity contribution >= 4 is 23.4 Å². The summed E-state index contributed by atoms with van der Waals surface area (Å²) in [6, 6.07) is 14.3. The Morgan fingerprint density at radius 2 is 1.72 bits per heavy atom. The first-order chi connectivity index (χ1) is 17.5. The average Bonchev–Trinajstić information content (AvgIpc) is 3.38. The monoisotopic (exact) mass is 488 g/mol. The van der Waals surface area contributed by atoms with Crippen LogP contribution in [0.3, 0.4) is 0 Å². The van der Waals surface area contributed by atoms with Gasteiger partial charge in [-0.15, -0.1) is 0 Å². The van der Waals surface area contributed by atoms with Crippen molar-refractivity contribution in [2.45, 2.75) is 51.6 Å². The van der Waals surface area contributed by atoms with Crippen molar-refractivity contribution in [3.63, 3.8) is 0 Å². The molecule has 3 aliphatic heterocycles. The highest BCUT2D eigenvalue weighted by Crippen LogP contribution is 2.33. The van der Waals surface area contributed by atoms with E-state index < -0.39 is 6.04 Å². The SMILES string of the molecule is CC1CCN(CCCNC(=O)c2ccccc2CN2C(=O)C3CCCN3C(=O)c3ccccc32)CC1. The van der Waals surface area contributed by atoms with Crippen LogP contribution < -0.4 is 10.2 Å². The highest BCUT2D eigenvalue weighted by Gasteiger charge is 2.42. The molecule has 190 valence electrons. The number of nitrogens with zero attached hydrogens (tertiary/aromatic N) is 3. The van der Waals surface area contributed by atoms with Gasteiger partial charge in [0.2, 0.25) is 5.91 Å². The lowest BCUT2D eigenvalue weighted by Gasteiger charge is -2.30. The number of amides is 3. The summed E-state index contributed by atoms with van der Waals surface area (Å²) in [5.41, 5.74) is 2.52. The minimum atomic E-state index is -0.441. The van der Waals surface area contributed by atoms with Gasteiger partial charge in [-0.1, -0.05) is 37.3 Å². The molecule has 2 aromatic rings. The Balaban J connectivity index is 1.29. The second-order valence-corrected chi connectivity index (χ2v) is 10.4. The fourth-order valence-electron chi connectivity index (χ4n) is 5.71. The lowest BCUT2D eigenvalue weighted by atomic mass is 9.99. The van der Waals surface area contributed by atoms with E-state index in [1.165, 1.54) is 12.8 Å². The summed E-state index contributed by atoms with van der Waals surface area (Å²) < 4.78 is 0. The first kappa shape index (κ1) is 24.5. The maximum absolute atomic E-state index is 13.6. The van der Waals surface area contributed by atoms with Gasteiger partial charge in [0.25, 0.3) is 11.8 Å². The second kappa shape index (κ2) is 10.8. The Labute approximate surface area is 213 Å². The molecule has 7 nitrogen and oxygen atoms in total. The molecule has 3 heterocycles. The Kier molecular flexibility index (Phi) is 7.37.